The molecule has 0 aliphatic rings. The first kappa shape index (κ1) is 34.9. The molecule has 2 amide bonds. The Morgan fingerprint density at radius 1 is 0.520 bits per heavy atom. The predicted octanol–water partition coefficient (Wildman–Crippen LogP) is 9.56. The van der Waals surface area contributed by atoms with Crippen LogP contribution in [-0.2, 0) is 35.5 Å². The minimum absolute atomic E-state index is 0.130. The van der Waals surface area contributed by atoms with Gasteiger partial charge in [-0.2, -0.15) is 0 Å². The van der Waals surface area contributed by atoms with Gasteiger partial charge >= 0.3 is 0 Å². The highest BCUT2D eigenvalue weighted by Gasteiger charge is 2.18. The summed E-state index contributed by atoms with van der Waals surface area (Å²) < 4.78 is 0. The number of thiazole rings is 2. The second-order valence-electron chi connectivity index (χ2n) is 12.3. The Morgan fingerprint density at radius 2 is 0.880 bits per heavy atom. The van der Waals surface area contributed by atoms with E-state index in [0.717, 1.165) is 66.0 Å². The Morgan fingerprint density at radius 3 is 1.24 bits per heavy atom. The summed E-state index contributed by atoms with van der Waals surface area (Å²) in [6, 6.07) is 37.0. The topological polar surface area (TPSA) is 66.4 Å². The van der Waals surface area contributed by atoms with Gasteiger partial charge in [-0.05, 0) is 46.2 Å². The molecule has 8 heteroatoms. The summed E-state index contributed by atoms with van der Waals surface area (Å²) in [6.45, 7) is 6.68. The van der Waals surface area contributed by atoms with Gasteiger partial charge in [0.1, 0.15) is 10.0 Å². The van der Waals surface area contributed by atoms with Gasteiger partial charge in [-0.15, -0.1) is 22.7 Å². The summed E-state index contributed by atoms with van der Waals surface area (Å²) in [5.74, 6) is 0.260. The molecule has 4 aromatic carbocycles. The average molecular weight is 699 g/mol. The third kappa shape index (κ3) is 9.20. The predicted molar refractivity (Wildman–Crippen MR) is 206 cm³/mol. The van der Waals surface area contributed by atoms with E-state index in [2.05, 4.69) is 72.3 Å². The van der Waals surface area contributed by atoms with Gasteiger partial charge in [0.15, 0.2) is 0 Å². The second-order valence-corrected chi connectivity index (χ2v) is 14.6. The number of aromatic nitrogens is 2. The standard InChI is InChI=1S/C42H42N4O2S2/c1-3-23-45(41(47)25-31-11-7-5-8-12-31)29-39-43-27-37(49-39)35-19-15-33(16-20-35)34-17-21-36(22-18-34)38-28-44-40(50-38)30-46(24-4-2)42(48)26-32-13-9-6-10-14-32/h5-22,27-28H,3-4,23-26,29-30H2,1-2H3. The maximum absolute atomic E-state index is 13.1. The van der Waals surface area contributed by atoms with Crippen molar-refractivity contribution >= 4 is 34.5 Å². The van der Waals surface area contributed by atoms with Gasteiger partial charge in [-0.25, -0.2) is 9.97 Å². The Balaban J connectivity index is 1.06. The van der Waals surface area contributed by atoms with Gasteiger partial charge in [0.2, 0.25) is 11.8 Å². The van der Waals surface area contributed by atoms with Crippen LogP contribution in [0.4, 0.5) is 0 Å². The minimum Gasteiger partial charge on any atom is -0.336 e. The van der Waals surface area contributed by atoms with Gasteiger partial charge in [0, 0.05) is 25.5 Å². The van der Waals surface area contributed by atoms with E-state index >= 15 is 0 Å². The van der Waals surface area contributed by atoms with E-state index in [1.807, 2.05) is 82.9 Å². The normalized spacial score (nSPS) is 11.0. The molecule has 0 bridgehead atoms. The fourth-order valence-corrected chi connectivity index (χ4v) is 7.78. The molecule has 50 heavy (non-hydrogen) atoms. The molecular formula is C42H42N4O2S2. The van der Waals surface area contributed by atoms with Gasteiger partial charge in [0.25, 0.3) is 0 Å². The fourth-order valence-electron chi connectivity index (χ4n) is 5.90. The first-order chi connectivity index (χ1) is 24.5. The van der Waals surface area contributed by atoms with Crippen LogP contribution in [0.3, 0.4) is 0 Å². The minimum atomic E-state index is 0.130. The Bertz CT molecular complexity index is 1820. The molecule has 0 unspecified atom stereocenters. The van der Waals surface area contributed by atoms with E-state index in [1.165, 1.54) is 0 Å². The van der Waals surface area contributed by atoms with E-state index in [4.69, 9.17) is 0 Å². The van der Waals surface area contributed by atoms with Crippen LogP contribution in [0.2, 0.25) is 0 Å². The number of hydrogen-bond donors (Lipinski definition) is 0. The van der Waals surface area contributed by atoms with Gasteiger partial charge in [-0.3, -0.25) is 9.59 Å². The smallest absolute Gasteiger partial charge is 0.227 e. The second kappa shape index (κ2) is 17.1. The van der Waals surface area contributed by atoms with Crippen LogP contribution in [0, 0.1) is 0 Å². The quantitative estimate of drug-likeness (QED) is 0.107. The molecule has 254 valence electrons. The van der Waals surface area contributed by atoms with Gasteiger partial charge < -0.3 is 9.80 Å². The maximum Gasteiger partial charge on any atom is 0.227 e. The SMILES string of the molecule is CCCN(Cc1ncc(-c2ccc(-c3ccc(-c4cnc(CN(CCC)C(=O)Cc5ccccc5)s4)cc3)cc2)s1)C(=O)Cc1ccccc1. The first-order valence-electron chi connectivity index (χ1n) is 17.2. The molecule has 0 saturated carbocycles. The third-order valence-corrected chi connectivity index (χ3v) is 10.6. The number of rotatable bonds is 15. The number of benzene rings is 4. The maximum atomic E-state index is 13.1. The van der Waals surface area contributed by atoms with Gasteiger partial charge in [0.05, 0.1) is 35.7 Å². The van der Waals surface area contributed by atoms with E-state index in [9.17, 15) is 9.59 Å². The number of hydrogen-bond acceptors (Lipinski definition) is 6. The van der Waals surface area contributed by atoms with Crippen molar-refractivity contribution in [2.24, 2.45) is 0 Å². The molecule has 6 nitrogen and oxygen atoms in total. The highest BCUT2D eigenvalue weighted by Crippen LogP contribution is 2.32. The van der Waals surface area contributed by atoms with Crippen LogP contribution < -0.4 is 0 Å². The Hall–Kier alpha value is -4.92. The lowest BCUT2D eigenvalue weighted by Crippen LogP contribution is -2.32. The van der Waals surface area contributed by atoms with Crippen molar-refractivity contribution in [3.05, 3.63) is 143 Å². The zero-order valence-corrected chi connectivity index (χ0v) is 30.3. The Labute approximate surface area is 303 Å². The summed E-state index contributed by atoms with van der Waals surface area (Å²) in [5.41, 5.74) is 6.57. The van der Waals surface area contributed by atoms with E-state index < -0.39 is 0 Å². The molecule has 0 fully saturated rings. The largest absolute Gasteiger partial charge is 0.336 e. The van der Waals surface area contributed by atoms with Crippen LogP contribution in [0.5, 0.6) is 0 Å². The van der Waals surface area contributed by atoms with Crippen molar-refractivity contribution < 1.29 is 9.59 Å². The summed E-state index contributed by atoms with van der Waals surface area (Å²) in [4.78, 5) is 41.5. The third-order valence-electron chi connectivity index (χ3n) is 8.52. The van der Waals surface area contributed by atoms with E-state index in [1.54, 1.807) is 22.7 Å². The first-order valence-corrected chi connectivity index (χ1v) is 18.9. The highest BCUT2D eigenvalue weighted by molar-refractivity contribution is 7.15. The average Bonchev–Trinajstić information content (AvgIpc) is 3.82. The molecule has 6 rings (SSSR count). The van der Waals surface area contributed by atoms with Crippen molar-refractivity contribution in [2.75, 3.05) is 13.1 Å². The van der Waals surface area contributed by atoms with Crippen molar-refractivity contribution in [2.45, 2.75) is 52.6 Å². The van der Waals surface area contributed by atoms with Crippen LogP contribution in [0.25, 0.3) is 32.0 Å². The lowest BCUT2D eigenvalue weighted by Gasteiger charge is -2.21. The highest BCUT2D eigenvalue weighted by atomic mass is 32.1. The summed E-state index contributed by atoms with van der Waals surface area (Å²) in [5, 5.41) is 1.88. The van der Waals surface area contributed by atoms with Crippen molar-refractivity contribution in [1.29, 1.82) is 0 Å². The van der Waals surface area contributed by atoms with Crippen molar-refractivity contribution in [3.63, 3.8) is 0 Å². The molecule has 6 aromatic rings. The van der Waals surface area contributed by atoms with Crippen LogP contribution in [0.1, 0.15) is 47.8 Å². The molecule has 0 atom stereocenters. The van der Waals surface area contributed by atoms with Crippen LogP contribution in [0.15, 0.2) is 122 Å². The zero-order valence-electron chi connectivity index (χ0n) is 28.6. The van der Waals surface area contributed by atoms with E-state index in [-0.39, 0.29) is 11.8 Å². The molecule has 2 aromatic heterocycles. The van der Waals surface area contributed by atoms with Crippen LogP contribution >= 0.6 is 22.7 Å². The molecule has 0 aliphatic heterocycles. The lowest BCUT2D eigenvalue weighted by atomic mass is 10.0. The van der Waals surface area contributed by atoms with E-state index in [0.29, 0.717) is 39.0 Å². The summed E-state index contributed by atoms with van der Waals surface area (Å²) in [7, 11) is 0. The molecule has 0 radical (unpaired) electrons. The van der Waals surface area contributed by atoms with Crippen LogP contribution in [-0.4, -0.2) is 44.7 Å². The fraction of sp³-hybridized carbons (Fsp3) is 0.238. The monoisotopic (exact) mass is 698 g/mol. The summed E-state index contributed by atoms with van der Waals surface area (Å²) >= 11 is 3.29. The lowest BCUT2D eigenvalue weighted by molar-refractivity contribution is -0.131. The van der Waals surface area contributed by atoms with Crippen molar-refractivity contribution in [3.8, 4) is 32.0 Å². The number of amides is 2. The molecule has 2 heterocycles. The summed E-state index contributed by atoms with van der Waals surface area (Å²) in [6.07, 6.45) is 6.45. The number of nitrogens with zero attached hydrogens (tertiary/aromatic N) is 4. The molecule has 0 N–H and O–H groups in total. The molecule has 0 saturated heterocycles. The Kier molecular flexibility index (Phi) is 12.0. The molecule has 0 aliphatic carbocycles. The zero-order chi connectivity index (χ0) is 34.7. The number of carbonyl (C=O) groups excluding carboxylic acids is 2. The van der Waals surface area contributed by atoms with Crippen molar-refractivity contribution in [1.82, 2.24) is 19.8 Å². The number of carbonyl (C=O) groups is 2. The molecule has 0 spiro atoms. The molecular weight excluding hydrogens is 657 g/mol. The van der Waals surface area contributed by atoms with Gasteiger partial charge in [-0.1, -0.05) is 123 Å².